The molecule has 0 unspecified atom stereocenters. The van der Waals surface area contributed by atoms with Crippen LogP contribution in [0.1, 0.15) is 5.56 Å². The van der Waals surface area contributed by atoms with Gasteiger partial charge in [-0.1, -0.05) is 0 Å². The first-order valence-corrected chi connectivity index (χ1v) is 9.53. The smallest absolute Gasteiger partial charge is 0.416 e. The van der Waals surface area contributed by atoms with E-state index in [2.05, 4.69) is 9.80 Å². The molecule has 2 aromatic rings. The topological polar surface area (TPSA) is 24.9 Å². The van der Waals surface area contributed by atoms with Crippen LogP contribution in [0.5, 0.6) is 11.5 Å². The number of alkyl halides is 3. The average molecular weight is 412 g/mol. The van der Waals surface area contributed by atoms with Crippen LogP contribution < -0.4 is 9.47 Å². The molecular formula is C21H24F4N2O2. The van der Waals surface area contributed by atoms with Crippen LogP contribution in [-0.4, -0.2) is 62.3 Å². The second-order valence-electron chi connectivity index (χ2n) is 6.86. The molecule has 0 bridgehead atoms. The van der Waals surface area contributed by atoms with Gasteiger partial charge in [0.15, 0.2) is 0 Å². The van der Waals surface area contributed by atoms with Crippen LogP contribution in [0.4, 0.5) is 17.6 Å². The van der Waals surface area contributed by atoms with E-state index in [4.69, 9.17) is 9.47 Å². The predicted octanol–water partition coefficient (Wildman–Crippen LogP) is 3.92. The molecule has 2 aromatic carbocycles. The summed E-state index contributed by atoms with van der Waals surface area (Å²) in [5.74, 6) is 0.816. The Labute approximate surface area is 167 Å². The van der Waals surface area contributed by atoms with Crippen molar-refractivity contribution in [3.05, 3.63) is 59.9 Å². The van der Waals surface area contributed by atoms with Gasteiger partial charge in [0.2, 0.25) is 0 Å². The molecule has 0 saturated carbocycles. The van der Waals surface area contributed by atoms with Crippen LogP contribution in [0.25, 0.3) is 0 Å². The second kappa shape index (κ2) is 9.93. The van der Waals surface area contributed by atoms with Gasteiger partial charge < -0.3 is 9.47 Å². The summed E-state index contributed by atoms with van der Waals surface area (Å²) in [6, 6.07) is 10.7. The van der Waals surface area contributed by atoms with Crippen LogP contribution >= 0.6 is 0 Å². The molecule has 0 amide bonds. The quantitative estimate of drug-likeness (QED) is 0.614. The molecule has 8 heteroatoms. The number of ether oxygens (including phenoxy) is 2. The molecule has 1 aliphatic rings. The van der Waals surface area contributed by atoms with Crippen molar-refractivity contribution >= 4 is 0 Å². The highest BCUT2D eigenvalue weighted by Gasteiger charge is 2.30. The minimum atomic E-state index is -4.33. The summed E-state index contributed by atoms with van der Waals surface area (Å²) < 4.78 is 61.7. The molecule has 1 aliphatic heterocycles. The lowest BCUT2D eigenvalue weighted by Crippen LogP contribution is -2.48. The summed E-state index contributed by atoms with van der Waals surface area (Å²) in [7, 11) is 0. The fraction of sp³-hybridized carbons (Fsp3) is 0.429. The van der Waals surface area contributed by atoms with Gasteiger partial charge in [-0.3, -0.25) is 9.80 Å². The Hall–Kier alpha value is -2.32. The third-order valence-corrected chi connectivity index (χ3v) is 4.81. The Bertz CT molecular complexity index is 743. The fourth-order valence-electron chi connectivity index (χ4n) is 3.09. The number of hydrogen-bond donors (Lipinski definition) is 0. The van der Waals surface area contributed by atoms with Crippen LogP contribution in [-0.2, 0) is 6.18 Å². The van der Waals surface area contributed by atoms with Gasteiger partial charge in [0.05, 0.1) is 5.56 Å². The first-order chi connectivity index (χ1) is 13.9. The van der Waals surface area contributed by atoms with Crippen LogP contribution in [0.15, 0.2) is 48.5 Å². The molecule has 0 aliphatic carbocycles. The van der Waals surface area contributed by atoms with Gasteiger partial charge in [0.25, 0.3) is 0 Å². The molecule has 3 rings (SSSR count). The SMILES string of the molecule is Fc1ccc(OCCN2CCN(CCOc3ccc(C(F)(F)F)cc3)CC2)cc1. The van der Waals surface area contributed by atoms with E-state index in [9.17, 15) is 17.6 Å². The Balaban J connectivity index is 1.29. The first-order valence-electron chi connectivity index (χ1n) is 9.53. The van der Waals surface area contributed by atoms with Crippen molar-refractivity contribution in [1.82, 2.24) is 9.80 Å². The molecule has 0 spiro atoms. The van der Waals surface area contributed by atoms with E-state index in [-0.39, 0.29) is 5.82 Å². The second-order valence-corrected chi connectivity index (χ2v) is 6.86. The Morgan fingerprint density at radius 3 is 1.52 bits per heavy atom. The molecule has 29 heavy (non-hydrogen) atoms. The van der Waals surface area contributed by atoms with Gasteiger partial charge in [-0.25, -0.2) is 4.39 Å². The summed E-state index contributed by atoms with van der Waals surface area (Å²) in [5, 5.41) is 0. The lowest BCUT2D eigenvalue weighted by Gasteiger charge is -2.34. The number of piperazine rings is 1. The summed E-state index contributed by atoms with van der Waals surface area (Å²) >= 11 is 0. The van der Waals surface area contributed by atoms with Gasteiger partial charge in [-0.2, -0.15) is 13.2 Å². The zero-order valence-electron chi connectivity index (χ0n) is 16.0. The minimum absolute atomic E-state index is 0.282. The maximum atomic E-state index is 12.9. The van der Waals surface area contributed by atoms with Crippen molar-refractivity contribution in [3.63, 3.8) is 0 Å². The molecule has 0 aromatic heterocycles. The van der Waals surface area contributed by atoms with Crippen molar-refractivity contribution < 1.29 is 27.0 Å². The van der Waals surface area contributed by atoms with Crippen molar-refractivity contribution in [2.75, 3.05) is 52.5 Å². The van der Waals surface area contributed by atoms with E-state index >= 15 is 0 Å². The number of benzene rings is 2. The van der Waals surface area contributed by atoms with Crippen LogP contribution in [0.2, 0.25) is 0 Å². The Kier molecular flexibility index (Phi) is 7.33. The maximum absolute atomic E-state index is 12.9. The fourth-order valence-corrected chi connectivity index (χ4v) is 3.09. The maximum Gasteiger partial charge on any atom is 0.416 e. The normalized spacial score (nSPS) is 16.0. The molecule has 0 N–H and O–H groups in total. The zero-order chi connectivity index (χ0) is 20.7. The molecule has 1 heterocycles. The monoisotopic (exact) mass is 412 g/mol. The highest BCUT2D eigenvalue weighted by Crippen LogP contribution is 2.30. The molecule has 4 nitrogen and oxygen atoms in total. The molecule has 0 atom stereocenters. The molecule has 158 valence electrons. The lowest BCUT2D eigenvalue weighted by atomic mass is 10.2. The zero-order valence-corrected chi connectivity index (χ0v) is 16.0. The first kappa shape index (κ1) is 21.4. The van der Waals surface area contributed by atoms with Crippen molar-refractivity contribution in [3.8, 4) is 11.5 Å². The van der Waals surface area contributed by atoms with E-state index in [1.165, 1.54) is 24.3 Å². The minimum Gasteiger partial charge on any atom is -0.492 e. The highest BCUT2D eigenvalue weighted by atomic mass is 19.4. The number of rotatable bonds is 8. The van der Waals surface area contributed by atoms with Gasteiger partial charge in [0, 0.05) is 39.3 Å². The molecule has 1 fully saturated rings. The van der Waals surface area contributed by atoms with Gasteiger partial charge in [-0.15, -0.1) is 0 Å². The average Bonchev–Trinajstić information content (AvgIpc) is 2.70. The van der Waals surface area contributed by atoms with Crippen molar-refractivity contribution in [2.24, 2.45) is 0 Å². The number of hydrogen-bond acceptors (Lipinski definition) is 4. The van der Waals surface area contributed by atoms with E-state index < -0.39 is 11.7 Å². The Morgan fingerprint density at radius 1 is 0.690 bits per heavy atom. The standard InChI is InChI=1S/C21H24F4N2O2/c22-18-3-7-20(8-4-18)29-16-14-27-11-9-26(10-12-27)13-15-28-19-5-1-17(2-6-19)21(23,24)25/h1-8H,9-16H2. The summed E-state index contributed by atoms with van der Waals surface area (Å²) in [5.41, 5.74) is -0.677. The van der Waals surface area contributed by atoms with Gasteiger partial charge in [-0.05, 0) is 48.5 Å². The summed E-state index contributed by atoms with van der Waals surface area (Å²) in [6.07, 6.45) is -4.33. The van der Waals surface area contributed by atoms with E-state index in [1.807, 2.05) is 0 Å². The number of halogens is 4. The van der Waals surface area contributed by atoms with Crippen molar-refractivity contribution in [1.29, 1.82) is 0 Å². The lowest BCUT2D eigenvalue weighted by molar-refractivity contribution is -0.137. The van der Waals surface area contributed by atoms with Crippen molar-refractivity contribution in [2.45, 2.75) is 6.18 Å². The third-order valence-electron chi connectivity index (χ3n) is 4.81. The van der Waals surface area contributed by atoms with E-state index in [0.29, 0.717) is 24.7 Å². The Morgan fingerprint density at radius 2 is 1.10 bits per heavy atom. The van der Waals surface area contributed by atoms with Crippen LogP contribution in [0.3, 0.4) is 0 Å². The van der Waals surface area contributed by atoms with E-state index in [1.54, 1.807) is 12.1 Å². The number of nitrogens with zero attached hydrogens (tertiary/aromatic N) is 2. The molecular weight excluding hydrogens is 388 g/mol. The largest absolute Gasteiger partial charge is 0.492 e. The molecule has 1 saturated heterocycles. The summed E-state index contributed by atoms with van der Waals surface area (Å²) in [4.78, 5) is 4.57. The third kappa shape index (κ3) is 6.90. The van der Waals surface area contributed by atoms with E-state index in [0.717, 1.165) is 51.4 Å². The van der Waals surface area contributed by atoms with Crippen LogP contribution in [0, 0.1) is 5.82 Å². The summed E-state index contributed by atoms with van der Waals surface area (Å²) in [6.45, 7) is 6.11. The highest BCUT2D eigenvalue weighted by molar-refractivity contribution is 5.28. The molecule has 0 radical (unpaired) electrons. The van der Waals surface area contributed by atoms with Gasteiger partial charge >= 0.3 is 6.18 Å². The van der Waals surface area contributed by atoms with Gasteiger partial charge in [0.1, 0.15) is 30.5 Å². The predicted molar refractivity (Wildman–Crippen MR) is 102 cm³/mol.